The van der Waals surface area contributed by atoms with Crippen LogP contribution in [0.15, 0.2) is 59.3 Å². The molecule has 1 saturated heterocycles. The zero-order chi connectivity index (χ0) is 21.2. The number of amides is 1. The normalized spacial score (nSPS) is 14.1. The molecule has 3 aromatic heterocycles. The molecule has 0 radical (unpaired) electrons. The van der Waals surface area contributed by atoms with E-state index in [0.29, 0.717) is 41.9 Å². The lowest BCUT2D eigenvalue weighted by molar-refractivity contribution is 0.0745. The molecule has 4 heterocycles. The third kappa shape index (κ3) is 3.89. The molecule has 1 aliphatic heterocycles. The summed E-state index contributed by atoms with van der Waals surface area (Å²) < 4.78 is 5.64. The lowest BCUT2D eigenvalue weighted by Gasteiger charge is -2.35. The molecule has 1 fully saturated rings. The molecule has 1 amide bonds. The molecule has 9 heteroatoms. The summed E-state index contributed by atoms with van der Waals surface area (Å²) in [7, 11) is 0. The summed E-state index contributed by atoms with van der Waals surface area (Å²) in [5.74, 6) is 1.20. The Balaban J connectivity index is 1.26. The molecular formula is C22H21N7O2. The molecule has 9 nitrogen and oxygen atoms in total. The lowest BCUT2D eigenvalue weighted by Crippen LogP contribution is -2.49. The Morgan fingerprint density at radius 2 is 1.81 bits per heavy atom. The molecule has 0 aliphatic carbocycles. The Labute approximate surface area is 178 Å². The summed E-state index contributed by atoms with van der Waals surface area (Å²) in [6.07, 6.45) is 3.34. The van der Waals surface area contributed by atoms with Crippen molar-refractivity contribution in [2.45, 2.75) is 6.92 Å². The van der Waals surface area contributed by atoms with Gasteiger partial charge in [-0.2, -0.15) is 4.98 Å². The molecule has 5 rings (SSSR count). The summed E-state index contributed by atoms with van der Waals surface area (Å²) in [6, 6.07) is 13.6. The van der Waals surface area contributed by atoms with Crippen molar-refractivity contribution in [3.05, 3.63) is 66.1 Å². The second kappa shape index (κ2) is 8.02. The number of benzene rings is 1. The number of anilines is 3. The van der Waals surface area contributed by atoms with Crippen molar-refractivity contribution in [3.63, 3.8) is 0 Å². The maximum atomic E-state index is 13.0. The fraction of sp³-hybridized carbons (Fsp3) is 0.227. The minimum absolute atomic E-state index is 0.0633. The van der Waals surface area contributed by atoms with Crippen LogP contribution in [-0.4, -0.2) is 56.9 Å². The Morgan fingerprint density at radius 1 is 1.00 bits per heavy atom. The number of piperazine rings is 1. The second-order valence-corrected chi connectivity index (χ2v) is 7.27. The smallest absolute Gasteiger partial charge is 0.302 e. The van der Waals surface area contributed by atoms with Crippen LogP contribution in [-0.2, 0) is 0 Å². The van der Waals surface area contributed by atoms with Crippen molar-refractivity contribution in [2.75, 3.05) is 36.4 Å². The monoisotopic (exact) mass is 415 g/mol. The van der Waals surface area contributed by atoms with Gasteiger partial charge >= 0.3 is 6.01 Å². The van der Waals surface area contributed by atoms with Crippen molar-refractivity contribution in [1.82, 2.24) is 24.8 Å². The minimum Gasteiger partial charge on any atom is -0.423 e. The number of nitrogens with zero attached hydrogens (tertiary/aromatic N) is 6. The summed E-state index contributed by atoms with van der Waals surface area (Å²) in [5, 5.41) is 2.97. The quantitative estimate of drug-likeness (QED) is 0.543. The number of hydrogen-bond acceptors (Lipinski definition) is 8. The predicted octanol–water partition coefficient (Wildman–Crippen LogP) is 3.03. The van der Waals surface area contributed by atoms with Crippen LogP contribution in [0, 0.1) is 6.92 Å². The predicted molar refractivity (Wildman–Crippen MR) is 116 cm³/mol. The SMILES string of the molecule is Cc1nc(Nc2nc3ccccc3o2)ncc1C(=O)N1CCN(c2ccccn2)CC1. The van der Waals surface area contributed by atoms with Gasteiger partial charge in [0, 0.05) is 38.6 Å². The van der Waals surface area contributed by atoms with Crippen LogP contribution in [0.3, 0.4) is 0 Å². The van der Waals surface area contributed by atoms with E-state index in [0.717, 1.165) is 24.4 Å². The number of pyridine rings is 1. The Kier molecular flexibility index (Phi) is 4.91. The zero-order valence-corrected chi connectivity index (χ0v) is 17.0. The van der Waals surface area contributed by atoms with Gasteiger partial charge in [0.1, 0.15) is 11.3 Å². The topological polar surface area (TPSA) is 100 Å². The number of hydrogen-bond donors (Lipinski definition) is 1. The van der Waals surface area contributed by atoms with Crippen molar-refractivity contribution >= 4 is 34.8 Å². The summed E-state index contributed by atoms with van der Waals surface area (Å²) in [5.41, 5.74) is 2.52. The van der Waals surface area contributed by atoms with Gasteiger partial charge in [0.25, 0.3) is 5.91 Å². The number of oxazole rings is 1. The third-order valence-corrected chi connectivity index (χ3v) is 5.26. The minimum atomic E-state index is -0.0633. The van der Waals surface area contributed by atoms with Gasteiger partial charge < -0.3 is 14.2 Å². The highest BCUT2D eigenvalue weighted by Gasteiger charge is 2.24. The van der Waals surface area contributed by atoms with Gasteiger partial charge in [-0.3, -0.25) is 10.1 Å². The van der Waals surface area contributed by atoms with Crippen LogP contribution >= 0.6 is 0 Å². The first-order chi connectivity index (χ1) is 15.2. The van der Waals surface area contributed by atoms with Crippen molar-refractivity contribution in [3.8, 4) is 0 Å². The van der Waals surface area contributed by atoms with Crippen LogP contribution in [0.5, 0.6) is 0 Å². The molecule has 0 spiro atoms. The first-order valence-electron chi connectivity index (χ1n) is 10.1. The number of carbonyl (C=O) groups excluding carboxylic acids is 1. The van der Waals surface area contributed by atoms with Crippen LogP contribution in [0.25, 0.3) is 11.1 Å². The van der Waals surface area contributed by atoms with Gasteiger partial charge in [-0.1, -0.05) is 18.2 Å². The molecule has 0 atom stereocenters. The highest BCUT2D eigenvalue weighted by Crippen LogP contribution is 2.21. The van der Waals surface area contributed by atoms with E-state index in [2.05, 4.69) is 30.2 Å². The van der Waals surface area contributed by atoms with Crippen LogP contribution < -0.4 is 10.2 Å². The van der Waals surface area contributed by atoms with E-state index in [-0.39, 0.29) is 5.91 Å². The molecule has 4 aromatic rings. The summed E-state index contributed by atoms with van der Waals surface area (Å²) >= 11 is 0. The molecule has 0 unspecified atom stereocenters. The van der Waals surface area contributed by atoms with Crippen molar-refractivity contribution in [1.29, 1.82) is 0 Å². The maximum Gasteiger partial charge on any atom is 0.302 e. The van der Waals surface area contributed by atoms with E-state index in [9.17, 15) is 4.79 Å². The number of para-hydroxylation sites is 2. The Bertz CT molecular complexity index is 1180. The highest BCUT2D eigenvalue weighted by molar-refractivity contribution is 5.95. The first-order valence-corrected chi connectivity index (χ1v) is 10.1. The van der Waals surface area contributed by atoms with Crippen LogP contribution in [0.2, 0.25) is 0 Å². The van der Waals surface area contributed by atoms with Gasteiger partial charge in [0.05, 0.1) is 11.3 Å². The number of rotatable bonds is 4. The largest absolute Gasteiger partial charge is 0.423 e. The van der Waals surface area contributed by atoms with Crippen LogP contribution in [0.4, 0.5) is 17.8 Å². The molecule has 1 N–H and O–H groups in total. The molecule has 31 heavy (non-hydrogen) atoms. The van der Waals surface area contributed by atoms with E-state index in [1.165, 1.54) is 0 Å². The Morgan fingerprint density at radius 3 is 2.55 bits per heavy atom. The van der Waals surface area contributed by atoms with Gasteiger partial charge in [-0.25, -0.2) is 15.0 Å². The van der Waals surface area contributed by atoms with E-state index in [4.69, 9.17) is 4.42 Å². The highest BCUT2D eigenvalue weighted by atomic mass is 16.4. The maximum absolute atomic E-state index is 13.0. The second-order valence-electron chi connectivity index (χ2n) is 7.27. The number of carbonyl (C=O) groups is 1. The molecule has 1 aliphatic rings. The number of fused-ring (bicyclic) bond motifs is 1. The standard InChI is InChI=1S/C22H21N7O2/c1-15-16(20(30)29-12-10-28(11-13-29)19-8-4-5-9-23-19)14-24-21(25-15)27-22-26-17-6-2-3-7-18(17)31-22/h2-9,14H,10-13H2,1H3,(H,24,25,26,27). The third-order valence-electron chi connectivity index (χ3n) is 5.26. The number of aryl methyl sites for hydroxylation is 1. The van der Waals surface area contributed by atoms with E-state index in [1.54, 1.807) is 19.3 Å². The average Bonchev–Trinajstić information content (AvgIpc) is 3.22. The zero-order valence-electron chi connectivity index (χ0n) is 17.0. The number of aromatic nitrogens is 4. The Hall–Kier alpha value is -4.01. The van der Waals surface area contributed by atoms with Crippen molar-refractivity contribution in [2.24, 2.45) is 0 Å². The molecule has 0 saturated carbocycles. The summed E-state index contributed by atoms with van der Waals surface area (Å²) in [4.78, 5) is 34.5. The van der Waals surface area contributed by atoms with Gasteiger partial charge in [0.2, 0.25) is 5.95 Å². The van der Waals surface area contributed by atoms with Gasteiger partial charge in [-0.05, 0) is 31.2 Å². The molecule has 156 valence electrons. The molecular weight excluding hydrogens is 394 g/mol. The fourth-order valence-corrected chi connectivity index (χ4v) is 3.61. The molecule has 1 aromatic carbocycles. The average molecular weight is 415 g/mol. The van der Waals surface area contributed by atoms with E-state index in [1.807, 2.05) is 47.4 Å². The van der Waals surface area contributed by atoms with E-state index < -0.39 is 0 Å². The summed E-state index contributed by atoms with van der Waals surface area (Å²) in [6.45, 7) is 4.52. The van der Waals surface area contributed by atoms with Gasteiger partial charge in [0.15, 0.2) is 5.58 Å². The van der Waals surface area contributed by atoms with Gasteiger partial charge in [-0.15, -0.1) is 0 Å². The lowest BCUT2D eigenvalue weighted by atomic mass is 10.2. The number of nitrogens with one attached hydrogen (secondary N) is 1. The first kappa shape index (κ1) is 19.0. The van der Waals surface area contributed by atoms with Crippen molar-refractivity contribution < 1.29 is 9.21 Å². The fourth-order valence-electron chi connectivity index (χ4n) is 3.61. The molecule has 0 bridgehead atoms. The van der Waals surface area contributed by atoms with Crippen LogP contribution in [0.1, 0.15) is 16.1 Å². The van der Waals surface area contributed by atoms with E-state index >= 15 is 0 Å².